The summed E-state index contributed by atoms with van der Waals surface area (Å²) in [6.45, 7) is 7.11. The summed E-state index contributed by atoms with van der Waals surface area (Å²) >= 11 is 0. The summed E-state index contributed by atoms with van der Waals surface area (Å²) in [6.07, 6.45) is 0.455. The Kier molecular flexibility index (Phi) is 6.41. The summed E-state index contributed by atoms with van der Waals surface area (Å²) in [6, 6.07) is -1.44. The van der Waals surface area contributed by atoms with Crippen molar-refractivity contribution in [2.45, 2.75) is 38.8 Å². The zero-order chi connectivity index (χ0) is 16.0. The number of amides is 3. The molecule has 1 rings (SSSR count). The van der Waals surface area contributed by atoms with Gasteiger partial charge in [-0.15, -0.1) is 0 Å². The van der Waals surface area contributed by atoms with Crippen molar-refractivity contribution in [2.24, 2.45) is 5.73 Å². The number of urea groups is 1. The summed E-state index contributed by atoms with van der Waals surface area (Å²) in [5.41, 5.74) is 4.98. The highest BCUT2D eigenvalue weighted by Gasteiger charge is 2.31. The molecular formula is C13H24N4O4. The van der Waals surface area contributed by atoms with Crippen molar-refractivity contribution in [3.05, 3.63) is 0 Å². The fourth-order valence-corrected chi connectivity index (χ4v) is 2.61. The number of nitrogens with two attached hydrogens (primary N) is 1. The Bertz CT molecular complexity index is 398. The molecule has 1 unspecified atom stereocenters. The first-order valence-electron chi connectivity index (χ1n) is 7.19. The first kappa shape index (κ1) is 17.2. The largest absolute Gasteiger partial charge is 0.480 e. The molecule has 0 bridgehead atoms. The molecule has 0 saturated carbocycles. The maximum atomic E-state index is 12.1. The molecule has 0 aromatic carbocycles. The van der Waals surface area contributed by atoms with Gasteiger partial charge in [0.15, 0.2) is 0 Å². The van der Waals surface area contributed by atoms with E-state index in [1.54, 1.807) is 4.90 Å². The van der Waals surface area contributed by atoms with Crippen LogP contribution in [-0.2, 0) is 9.59 Å². The Balaban J connectivity index is 2.56. The molecule has 4 N–H and O–H groups in total. The Morgan fingerprint density at radius 2 is 2.00 bits per heavy atom. The number of carboxylic acid groups (broad SMARTS) is 1. The lowest BCUT2D eigenvalue weighted by molar-refractivity contribution is -0.140. The fourth-order valence-electron chi connectivity index (χ4n) is 2.61. The molecule has 0 radical (unpaired) electrons. The van der Waals surface area contributed by atoms with Gasteiger partial charge in [0, 0.05) is 19.1 Å². The van der Waals surface area contributed by atoms with Crippen LogP contribution in [0.3, 0.4) is 0 Å². The summed E-state index contributed by atoms with van der Waals surface area (Å²) in [5.74, 6) is -2.02. The van der Waals surface area contributed by atoms with Gasteiger partial charge in [-0.25, -0.2) is 9.59 Å². The van der Waals surface area contributed by atoms with E-state index >= 15 is 0 Å². The van der Waals surface area contributed by atoms with Crippen LogP contribution in [0.4, 0.5) is 4.79 Å². The van der Waals surface area contributed by atoms with Crippen LogP contribution >= 0.6 is 0 Å². The Morgan fingerprint density at radius 3 is 2.48 bits per heavy atom. The third kappa shape index (κ3) is 4.89. The Labute approximate surface area is 124 Å². The van der Waals surface area contributed by atoms with Gasteiger partial charge in [0.25, 0.3) is 0 Å². The standard InChI is InChI=1S/C13H24N4O4/c1-3-16(4-2)9-5-6-17(8-9)13(21)15-10(12(19)20)7-11(14)18/h9-10H,3-8H2,1-2H3,(H2,14,18)(H,15,21)(H,19,20)/t9?,10-/m0/s1. The van der Waals surface area contributed by atoms with Crippen molar-refractivity contribution in [1.82, 2.24) is 15.1 Å². The molecule has 21 heavy (non-hydrogen) atoms. The molecule has 1 saturated heterocycles. The van der Waals surface area contributed by atoms with Gasteiger partial charge in [-0.05, 0) is 19.5 Å². The topological polar surface area (TPSA) is 116 Å². The number of carboxylic acids is 1. The third-order valence-corrected chi connectivity index (χ3v) is 3.78. The number of aliphatic carboxylic acids is 1. The van der Waals surface area contributed by atoms with E-state index in [0.717, 1.165) is 19.5 Å². The molecule has 1 aliphatic rings. The number of nitrogens with one attached hydrogen (secondary N) is 1. The van der Waals surface area contributed by atoms with Crippen LogP contribution in [0, 0.1) is 0 Å². The van der Waals surface area contributed by atoms with Crippen molar-refractivity contribution < 1.29 is 19.5 Å². The van der Waals surface area contributed by atoms with Gasteiger partial charge >= 0.3 is 12.0 Å². The van der Waals surface area contributed by atoms with Crippen LogP contribution < -0.4 is 11.1 Å². The zero-order valence-corrected chi connectivity index (χ0v) is 12.5. The first-order valence-corrected chi connectivity index (χ1v) is 7.19. The maximum Gasteiger partial charge on any atom is 0.326 e. The molecule has 0 aromatic heterocycles. The van der Waals surface area contributed by atoms with E-state index in [9.17, 15) is 14.4 Å². The molecule has 3 amide bonds. The first-order chi connectivity index (χ1) is 9.88. The van der Waals surface area contributed by atoms with Gasteiger partial charge in [0.05, 0.1) is 6.42 Å². The van der Waals surface area contributed by atoms with Crippen molar-refractivity contribution in [2.75, 3.05) is 26.2 Å². The highest BCUT2D eigenvalue weighted by Crippen LogP contribution is 2.15. The van der Waals surface area contributed by atoms with Crippen molar-refractivity contribution in [1.29, 1.82) is 0 Å². The number of primary amides is 1. The monoisotopic (exact) mass is 300 g/mol. The molecule has 0 spiro atoms. The molecular weight excluding hydrogens is 276 g/mol. The van der Waals surface area contributed by atoms with Crippen molar-refractivity contribution >= 4 is 17.9 Å². The Hall–Kier alpha value is -1.83. The van der Waals surface area contributed by atoms with Crippen LogP contribution in [0.15, 0.2) is 0 Å². The van der Waals surface area contributed by atoms with E-state index in [1.807, 2.05) is 0 Å². The predicted molar refractivity (Wildman–Crippen MR) is 76.7 cm³/mol. The van der Waals surface area contributed by atoms with Gasteiger partial charge in [-0.1, -0.05) is 13.8 Å². The lowest BCUT2D eigenvalue weighted by Crippen LogP contribution is -2.49. The van der Waals surface area contributed by atoms with Gasteiger partial charge in [0.1, 0.15) is 6.04 Å². The Morgan fingerprint density at radius 1 is 1.38 bits per heavy atom. The number of likely N-dealkylation sites (N-methyl/N-ethyl adjacent to an activating group) is 1. The number of hydrogen-bond acceptors (Lipinski definition) is 4. The second kappa shape index (κ2) is 7.82. The number of rotatable bonds is 7. The van der Waals surface area contributed by atoms with E-state index in [4.69, 9.17) is 10.8 Å². The van der Waals surface area contributed by atoms with Crippen molar-refractivity contribution in [3.8, 4) is 0 Å². The number of likely N-dealkylation sites (tertiary alicyclic amines) is 1. The van der Waals surface area contributed by atoms with Gasteiger partial charge in [-0.2, -0.15) is 0 Å². The molecule has 1 heterocycles. The van der Waals surface area contributed by atoms with Gasteiger partial charge < -0.3 is 21.1 Å². The molecule has 1 aliphatic heterocycles. The molecule has 0 aliphatic carbocycles. The van der Waals surface area contributed by atoms with E-state index in [1.165, 1.54) is 0 Å². The highest BCUT2D eigenvalue weighted by molar-refractivity contribution is 5.87. The predicted octanol–water partition coefficient (Wildman–Crippen LogP) is -0.559. The summed E-state index contributed by atoms with van der Waals surface area (Å²) in [4.78, 5) is 37.7. The molecule has 120 valence electrons. The molecule has 8 heteroatoms. The summed E-state index contributed by atoms with van der Waals surface area (Å²) < 4.78 is 0. The minimum atomic E-state index is -1.28. The third-order valence-electron chi connectivity index (χ3n) is 3.78. The average Bonchev–Trinajstić information content (AvgIpc) is 2.88. The smallest absolute Gasteiger partial charge is 0.326 e. The quantitative estimate of drug-likeness (QED) is 0.583. The van der Waals surface area contributed by atoms with E-state index < -0.39 is 30.4 Å². The van der Waals surface area contributed by atoms with E-state index in [2.05, 4.69) is 24.1 Å². The second-order valence-electron chi connectivity index (χ2n) is 5.12. The van der Waals surface area contributed by atoms with Crippen LogP contribution in [0.1, 0.15) is 26.7 Å². The molecule has 0 aromatic rings. The van der Waals surface area contributed by atoms with Crippen LogP contribution in [0.25, 0.3) is 0 Å². The minimum absolute atomic E-state index is 0.296. The lowest BCUT2D eigenvalue weighted by Gasteiger charge is -2.26. The van der Waals surface area contributed by atoms with Crippen molar-refractivity contribution in [3.63, 3.8) is 0 Å². The van der Waals surface area contributed by atoms with Gasteiger partial charge in [-0.3, -0.25) is 9.69 Å². The number of carbonyl (C=O) groups excluding carboxylic acids is 2. The van der Waals surface area contributed by atoms with Gasteiger partial charge in [0.2, 0.25) is 5.91 Å². The summed E-state index contributed by atoms with van der Waals surface area (Å²) in [7, 11) is 0. The number of nitrogens with zero attached hydrogens (tertiary/aromatic N) is 2. The average molecular weight is 300 g/mol. The summed E-state index contributed by atoms with van der Waals surface area (Å²) in [5, 5.41) is 11.3. The van der Waals surface area contributed by atoms with Crippen LogP contribution in [-0.4, -0.2) is 71.1 Å². The highest BCUT2D eigenvalue weighted by atomic mass is 16.4. The van der Waals surface area contributed by atoms with E-state index in [0.29, 0.717) is 19.1 Å². The lowest BCUT2D eigenvalue weighted by atomic mass is 10.2. The fraction of sp³-hybridized carbons (Fsp3) is 0.769. The van der Waals surface area contributed by atoms with E-state index in [-0.39, 0.29) is 0 Å². The van der Waals surface area contributed by atoms with Crippen LogP contribution in [0.5, 0.6) is 0 Å². The molecule has 8 nitrogen and oxygen atoms in total. The zero-order valence-electron chi connectivity index (χ0n) is 12.5. The molecule has 1 fully saturated rings. The number of carbonyl (C=O) groups is 3. The van der Waals surface area contributed by atoms with Crippen LogP contribution in [0.2, 0.25) is 0 Å². The maximum absolute atomic E-state index is 12.1. The number of hydrogen-bond donors (Lipinski definition) is 3. The second-order valence-corrected chi connectivity index (χ2v) is 5.12. The normalized spacial score (nSPS) is 19.6. The minimum Gasteiger partial charge on any atom is -0.480 e. The molecule has 2 atom stereocenters. The SMILES string of the molecule is CCN(CC)C1CCN(C(=O)N[C@@H](CC(N)=O)C(=O)O)C1.